The second-order valence-electron chi connectivity index (χ2n) is 14.4. The Morgan fingerprint density at radius 1 is 0.333 bits per heavy atom. The summed E-state index contributed by atoms with van der Waals surface area (Å²) in [6, 6.07) is 68.4. The second-order valence-corrected chi connectivity index (χ2v) is 14.4. The average Bonchev–Trinajstić information content (AvgIpc) is 3.87. The van der Waals surface area contributed by atoms with E-state index in [9.17, 15) is 0 Å². The van der Waals surface area contributed by atoms with Crippen LogP contribution in [0.5, 0.6) is 0 Å². The highest BCUT2D eigenvalue weighted by Crippen LogP contribution is 2.47. The number of rotatable bonds is 4. The molecule has 1 aliphatic carbocycles. The topological polar surface area (TPSA) is 22.8 Å². The SMILES string of the molecule is c1ccc(-c2cccc(-n3c4ccccc4c4cc(-c5ccc6c(c5)c5ccccc5n6-c5ccc6c(n5)-c5cccc7cccc-6c57)ccc43)c2)cc1. The first-order valence-electron chi connectivity index (χ1n) is 18.6. The van der Waals surface area contributed by atoms with Crippen molar-refractivity contribution in [3.63, 3.8) is 0 Å². The van der Waals surface area contributed by atoms with Crippen molar-refractivity contribution in [2.45, 2.75) is 0 Å². The van der Waals surface area contributed by atoms with Crippen LogP contribution < -0.4 is 0 Å². The van der Waals surface area contributed by atoms with Crippen LogP contribution in [-0.4, -0.2) is 14.1 Å². The van der Waals surface area contributed by atoms with Crippen molar-refractivity contribution < 1.29 is 0 Å². The zero-order valence-electron chi connectivity index (χ0n) is 29.2. The Morgan fingerprint density at radius 2 is 0.907 bits per heavy atom. The fourth-order valence-electron chi connectivity index (χ4n) is 9.04. The molecule has 0 saturated carbocycles. The van der Waals surface area contributed by atoms with Gasteiger partial charge in [0.15, 0.2) is 0 Å². The summed E-state index contributed by atoms with van der Waals surface area (Å²) in [6.45, 7) is 0. The molecule has 3 aromatic heterocycles. The summed E-state index contributed by atoms with van der Waals surface area (Å²) in [7, 11) is 0. The van der Waals surface area contributed by atoms with Gasteiger partial charge in [-0.3, -0.25) is 4.57 Å². The fourth-order valence-corrected chi connectivity index (χ4v) is 9.04. The zero-order valence-corrected chi connectivity index (χ0v) is 29.2. The van der Waals surface area contributed by atoms with E-state index in [1.807, 2.05) is 0 Å². The number of pyridine rings is 1. The molecule has 11 aromatic rings. The van der Waals surface area contributed by atoms with Gasteiger partial charge in [-0.2, -0.15) is 0 Å². The van der Waals surface area contributed by atoms with Crippen LogP contribution >= 0.6 is 0 Å². The summed E-state index contributed by atoms with van der Waals surface area (Å²) in [4.78, 5) is 5.39. The van der Waals surface area contributed by atoms with Crippen LogP contribution in [0.3, 0.4) is 0 Å². The lowest BCUT2D eigenvalue weighted by Crippen LogP contribution is -1.98. The summed E-state index contributed by atoms with van der Waals surface area (Å²) in [5.41, 5.74) is 15.4. The molecule has 0 N–H and O–H groups in total. The third-order valence-corrected chi connectivity index (χ3v) is 11.4. The van der Waals surface area contributed by atoms with Crippen molar-refractivity contribution in [2.24, 2.45) is 0 Å². The molecule has 0 fully saturated rings. The number of para-hydroxylation sites is 2. The monoisotopic (exact) mass is 685 g/mol. The average molecular weight is 686 g/mol. The highest BCUT2D eigenvalue weighted by Gasteiger charge is 2.24. The molecule has 3 heterocycles. The standard InChI is InChI=1S/C51H31N3/c1-2-11-32(12-3-1)34-15-8-16-37(29-34)53-45-21-6-4-17-38(45)43-30-35(23-26-47(43)53)36-24-27-48-44(31-36)39-18-5-7-22-46(39)54(48)49-28-25-41-40-19-9-13-33-14-10-20-42(50(33)40)51(41)52-49/h1-31H. The predicted molar refractivity (Wildman–Crippen MR) is 226 cm³/mol. The molecule has 0 saturated heterocycles. The van der Waals surface area contributed by atoms with Gasteiger partial charge in [0.1, 0.15) is 5.82 Å². The Balaban J connectivity index is 1.01. The van der Waals surface area contributed by atoms with Crippen molar-refractivity contribution in [1.82, 2.24) is 14.1 Å². The maximum atomic E-state index is 5.39. The van der Waals surface area contributed by atoms with E-state index >= 15 is 0 Å². The number of fused-ring (bicyclic) bond motifs is 9. The zero-order chi connectivity index (χ0) is 35.3. The molecule has 0 aliphatic heterocycles. The summed E-state index contributed by atoms with van der Waals surface area (Å²) >= 11 is 0. The highest BCUT2D eigenvalue weighted by atomic mass is 15.1. The van der Waals surface area contributed by atoms with Crippen LogP contribution in [0.2, 0.25) is 0 Å². The normalized spacial score (nSPS) is 12.1. The van der Waals surface area contributed by atoms with E-state index in [-0.39, 0.29) is 0 Å². The Bertz CT molecular complexity index is 3320. The first-order chi connectivity index (χ1) is 26.8. The lowest BCUT2D eigenvalue weighted by Gasteiger charge is -2.11. The van der Waals surface area contributed by atoms with Crippen molar-refractivity contribution in [1.29, 1.82) is 0 Å². The Hall–Kier alpha value is -7.23. The van der Waals surface area contributed by atoms with E-state index in [1.165, 1.54) is 82.3 Å². The van der Waals surface area contributed by atoms with E-state index < -0.39 is 0 Å². The third-order valence-electron chi connectivity index (χ3n) is 11.4. The quantitative estimate of drug-likeness (QED) is 0.181. The van der Waals surface area contributed by atoms with Crippen molar-refractivity contribution >= 4 is 54.4 Å². The largest absolute Gasteiger partial charge is 0.309 e. The Kier molecular flexibility index (Phi) is 6.05. The molecule has 3 heteroatoms. The Morgan fingerprint density at radius 3 is 1.65 bits per heavy atom. The predicted octanol–water partition coefficient (Wildman–Crippen LogP) is 13.4. The van der Waals surface area contributed by atoms with E-state index in [4.69, 9.17) is 4.98 Å². The minimum Gasteiger partial charge on any atom is -0.309 e. The number of nitrogens with zero attached hydrogens (tertiary/aromatic N) is 3. The minimum atomic E-state index is 0.933. The number of aromatic nitrogens is 3. The molecule has 0 atom stereocenters. The molecule has 8 aromatic carbocycles. The van der Waals surface area contributed by atoms with E-state index in [0.29, 0.717) is 0 Å². The van der Waals surface area contributed by atoms with Gasteiger partial charge in [0, 0.05) is 38.4 Å². The summed E-state index contributed by atoms with van der Waals surface area (Å²) < 4.78 is 4.73. The summed E-state index contributed by atoms with van der Waals surface area (Å²) in [5.74, 6) is 0.933. The second kappa shape index (κ2) is 11.1. The van der Waals surface area contributed by atoms with Crippen molar-refractivity contribution in [3.8, 4) is 56.1 Å². The number of hydrogen-bond acceptors (Lipinski definition) is 1. The van der Waals surface area contributed by atoms with Crippen LogP contribution in [-0.2, 0) is 0 Å². The first-order valence-corrected chi connectivity index (χ1v) is 18.6. The van der Waals surface area contributed by atoms with Gasteiger partial charge < -0.3 is 4.57 Å². The van der Waals surface area contributed by atoms with Crippen LogP contribution in [0.4, 0.5) is 0 Å². The molecule has 0 bridgehead atoms. The van der Waals surface area contributed by atoms with Gasteiger partial charge in [0.25, 0.3) is 0 Å². The van der Waals surface area contributed by atoms with E-state index in [2.05, 4.69) is 197 Å². The van der Waals surface area contributed by atoms with Crippen molar-refractivity contribution in [3.05, 3.63) is 188 Å². The number of hydrogen-bond donors (Lipinski definition) is 0. The fraction of sp³-hybridized carbons (Fsp3) is 0. The molecule has 54 heavy (non-hydrogen) atoms. The third kappa shape index (κ3) is 4.15. The lowest BCUT2D eigenvalue weighted by atomic mass is 10.0. The molecule has 3 nitrogen and oxygen atoms in total. The molecular formula is C51H31N3. The van der Waals surface area contributed by atoms with Crippen LogP contribution in [0.15, 0.2) is 188 Å². The molecule has 250 valence electrons. The molecule has 0 radical (unpaired) electrons. The van der Waals surface area contributed by atoms with E-state index in [1.54, 1.807) is 0 Å². The molecule has 1 aliphatic rings. The van der Waals surface area contributed by atoms with Gasteiger partial charge in [0.2, 0.25) is 0 Å². The molecule has 0 unspecified atom stereocenters. The lowest BCUT2D eigenvalue weighted by molar-refractivity contribution is 1.09. The Labute approximate surface area is 311 Å². The van der Waals surface area contributed by atoms with Gasteiger partial charge in [-0.25, -0.2) is 4.98 Å². The van der Waals surface area contributed by atoms with Gasteiger partial charge in [-0.15, -0.1) is 0 Å². The minimum absolute atomic E-state index is 0.933. The van der Waals surface area contributed by atoms with Crippen LogP contribution in [0, 0.1) is 0 Å². The van der Waals surface area contributed by atoms with Gasteiger partial charge in [-0.1, -0.05) is 127 Å². The van der Waals surface area contributed by atoms with Gasteiger partial charge >= 0.3 is 0 Å². The molecular weight excluding hydrogens is 655 g/mol. The van der Waals surface area contributed by atoms with E-state index in [0.717, 1.165) is 28.2 Å². The highest BCUT2D eigenvalue weighted by molar-refractivity contribution is 6.15. The summed E-state index contributed by atoms with van der Waals surface area (Å²) in [6.07, 6.45) is 0. The van der Waals surface area contributed by atoms with Crippen LogP contribution in [0.1, 0.15) is 0 Å². The van der Waals surface area contributed by atoms with Gasteiger partial charge in [-0.05, 0) is 99.3 Å². The smallest absolute Gasteiger partial charge is 0.138 e. The maximum absolute atomic E-state index is 5.39. The van der Waals surface area contributed by atoms with Gasteiger partial charge in [0.05, 0.1) is 27.8 Å². The number of benzene rings is 8. The maximum Gasteiger partial charge on any atom is 0.138 e. The molecule has 0 spiro atoms. The van der Waals surface area contributed by atoms with Crippen molar-refractivity contribution in [2.75, 3.05) is 0 Å². The molecule has 12 rings (SSSR count). The van der Waals surface area contributed by atoms with Crippen LogP contribution in [0.25, 0.3) is 111 Å². The first kappa shape index (κ1) is 29.4. The summed E-state index contributed by atoms with van der Waals surface area (Å²) in [5, 5.41) is 7.49. The molecule has 0 amide bonds.